The van der Waals surface area contributed by atoms with Crippen molar-refractivity contribution >= 4 is 33.0 Å². The number of sulfonamides is 1. The average molecular weight is 464 g/mol. The normalized spacial score (nSPS) is 15.1. The number of nitrogens with one attached hydrogen (secondary N) is 1. The number of rotatable bonds is 5. The van der Waals surface area contributed by atoms with Crippen molar-refractivity contribution in [3.63, 3.8) is 0 Å². The number of anilines is 2. The number of nitrogens with zero attached hydrogens (tertiary/aromatic N) is 4. The maximum Gasteiger partial charge on any atom is 0.350 e. The number of pyridine rings is 1. The van der Waals surface area contributed by atoms with Crippen LogP contribution in [-0.2, 0) is 16.6 Å². The van der Waals surface area contributed by atoms with Gasteiger partial charge in [-0.25, -0.2) is 17.9 Å². The molecule has 1 fully saturated rings. The van der Waals surface area contributed by atoms with Crippen molar-refractivity contribution in [3.8, 4) is 0 Å². The summed E-state index contributed by atoms with van der Waals surface area (Å²) in [7, 11) is -3.32. The maximum atomic E-state index is 12.8. The minimum Gasteiger partial charge on any atom is -0.322 e. The molecule has 0 bridgehead atoms. The molecule has 1 saturated heterocycles. The number of hydrogen-bond acceptors (Lipinski definition) is 5. The molecule has 0 radical (unpaired) electrons. The topological polar surface area (TPSA) is 106 Å². The standard InChI is InChI=1S/C23H21N5O4S/c29-22(18-7-4-9-20(15-18)28-12-5-13-33(28,31)32)24-19-8-3-6-17(14-19)16-27-23(30)26-11-2-1-10-21(26)25-27/h1-4,6-11,14-15H,5,12-13,16H2,(H,24,29). The van der Waals surface area contributed by atoms with E-state index in [0.29, 0.717) is 35.6 Å². The summed E-state index contributed by atoms with van der Waals surface area (Å²) in [6.45, 7) is 0.671. The fourth-order valence-electron chi connectivity index (χ4n) is 3.93. The third kappa shape index (κ3) is 4.12. The van der Waals surface area contributed by atoms with Crippen LogP contribution in [0.1, 0.15) is 22.3 Å². The molecule has 0 unspecified atom stereocenters. The molecule has 3 heterocycles. The van der Waals surface area contributed by atoms with Gasteiger partial charge in [0.2, 0.25) is 10.0 Å². The van der Waals surface area contributed by atoms with E-state index in [1.165, 1.54) is 13.4 Å². The van der Waals surface area contributed by atoms with Gasteiger partial charge in [-0.05, 0) is 54.4 Å². The fraction of sp³-hybridized carbons (Fsp3) is 0.174. The van der Waals surface area contributed by atoms with Crippen LogP contribution in [0.2, 0.25) is 0 Å². The molecule has 0 aliphatic carbocycles. The Kier molecular flexibility index (Phi) is 5.21. The van der Waals surface area contributed by atoms with Crippen LogP contribution in [0.5, 0.6) is 0 Å². The molecule has 9 nitrogen and oxygen atoms in total. The van der Waals surface area contributed by atoms with Gasteiger partial charge < -0.3 is 5.32 Å². The van der Waals surface area contributed by atoms with E-state index in [1.54, 1.807) is 60.8 Å². The highest BCUT2D eigenvalue weighted by atomic mass is 32.2. The van der Waals surface area contributed by atoms with Crippen LogP contribution >= 0.6 is 0 Å². The molecule has 4 aromatic rings. The predicted molar refractivity (Wildman–Crippen MR) is 125 cm³/mol. The van der Waals surface area contributed by atoms with Gasteiger partial charge in [-0.3, -0.25) is 13.5 Å². The second-order valence-electron chi connectivity index (χ2n) is 7.82. The third-order valence-electron chi connectivity index (χ3n) is 5.50. The molecule has 33 heavy (non-hydrogen) atoms. The van der Waals surface area contributed by atoms with Gasteiger partial charge in [-0.15, -0.1) is 5.10 Å². The van der Waals surface area contributed by atoms with Crippen LogP contribution in [0.25, 0.3) is 5.65 Å². The molecule has 2 aromatic carbocycles. The lowest BCUT2D eigenvalue weighted by Crippen LogP contribution is -2.25. The SMILES string of the molecule is O=C(Nc1cccc(Cn2nc3ccccn3c2=O)c1)c1cccc(N2CCCS2(=O)=O)c1. The summed E-state index contributed by atoms with van der Waals surface area (Å²) in [6, 6.07) is 19.1. The van der Waals surface area contributed by atoms with Gasteiger partial charge >= 0.3 is 5.69 Å². The van der Waals surface area contributed by atoms with Crippen molar-refractivity contribution in [2.45, 2.75) is 13.0 Å². The first-order chi connectivity index (χ1) is 15.9. The van der Waals surface area contributed by atoms with E-state index < -0.39 is 10.0 Å². The fourth-order valence-corrected chi connectivity index (χ4v) is 5.48. The molecule has 1 N–H and O–H groups in total. The number of hydrogen-bond donors (Lipinski definition) is 1. The number of fused-ring (bicyclic) bond motifs is 1. The Morgan fingerprint density at radius 2 is 1.88 bits per heavy atom. The maximum absolute atomic E-state index is 12.8. The third-order valence-corrected chi connectivity index (χ3v) is 7.37. The van der Waals surface area contributed by atoms with Crippen molar-refractivity contribution in [3.05, 3.63) is 94.5 Å². The lowest BCUT2D eigenvalue weighted by molar-refractivity contribution is 0.102. The van der Waals surface area contributed by atoms with Crippen LogP contribution in [0.4, 0.5) is 11.4 Å². The number of carbonyl (C=O) groups excluding carboxylic acids is 1. The van der Waals surface area contributed by atoms with E-state index in [9.17, 15) is 18.0 Å². The highest BCUT2D eigenvalue weighted by Crippen LogP contribution is 2.25. The monoisotopic (exact) mass is 463 g/mol. The lowest BCUT2D eigenvalue weighted by Gasteiger charge is -2.17. The van der Waals surface area contributed by atoms with E-state index >= 15 is 0 Å². The summed E-state index contributed by atoms with van der Waals surface area (Å²) in [5.74, 6) is -0.235. The second kappa shape index (κ2) is 8.21. The Bertz CT molecular complexity index is 1520. The highest BCUT2D eigenvalue weighted by Gasteiger charge is 2.28. The smallest absolute Gasteiger partial charge is 0.322 e. The first-order valence-corrected chi connectivity index (χ1v) is 12.1. The lowest BCUT2D eigenvalue weighted by atomic mass is 10.1. The van der Waals surface area contributed by atoms with E-state index in [4.69, 9.17) is 0 Å². The summed E-state index contributed by atoms with van der Waals surface area (Å²) in [6.07, 6.45) is 2.24. The van der Waals surface area contributed by atoms with Crippen LogP contribution in [0.15, 0.2) is 77.7 Å². The van der Waals surface area contributed by atoms with Crippen LogP contribution in [-0.4, -0.2) is 40.8 Å². The molecule has 0 atom stereocenters. The molecule has 2 aromatic heterocycles. The first kappa shape index (κ1) is 21.0. The number of carbonyl (C=O) groups is 1. The van der Waals surface area contributed by atoms with Gasteiger partial charge in [0.05, 0.1) is 18.0 Å². The van der Waals surface area contributed by atoms with Crippen molar-refractivity contribution in [2.24, 2.45) is 0 Å². The summed E-state index contributed by atoms with van der Waals surface area (Å²) in [5, 5.41) is 7.18. The summed E-state index contributed by atoms with van der Waals surface area (Å²) in [5.41, 5.74) is 2.53. The molecule has 5 rings (SSSR count). The molecule has 1 amide bonds. The van der Waals surface area contributed by atoms with Crippen LogP contribution in [0, 0.1) is 0 Å². The average Bonchev–Trinajstić information content (AvgIpc) is 3.32. The first-order valence-electron chi connectivity index (χ1n) is 10.5. The number of aromatic nitrogens is 3. The molecule has 10 heteroatoms. The van der Waals surface area contributed by atoms with Gasteiger partial charge in [0.1, 0.15) is 0 Å². The van der Waals surface area contributed by atoms with Gasteiger partial charge in [-0.1, -0.05) is 24.3 Å². The molecule has 0 saturated carbocycles. The van der Waals surface area contributed by atoms with E-state index in [2.05, 4.69) is 10.4 Å². The molecular formula is C23H21N5O4S. The van der Waals surface area contributed by atoms with Crippen LogP contribution in [0.3, 0.4) is 0 Å². The van der Waals surface area contributed by atoms with E-state index in [1.807, 2.05) is 12.1 Å². The second-order valence-corrected chi connectivity index (χ2v) is 9.83. The molecule has 0 spiro atoms. The zero-order chi connectivity index (χ0) is 23.0. The predicted octanol–water partition coefficient (Wildman–Crippen LogP) is 2.34. The van der Waals surface area contributed by atoms with Crippen molar-refractivity contribution < 1.29 is 13.2 Å². The number of amides is 1. The Morgan fingerprint density at radius 1 is 1.03 bits per heavy atom. The Morgan fingerprint density at radius 3 is 2.67 bits per heavy atom. The highest BCUT2D eigenvalue weighted by molar-refractivity contribution is 7.93. The largest absolute Gasteiger partial charge is 0.350 e. The Labute approximate surface area is 189 Å². The van der Waals surface area contributed by atoms with Crippen molar-refractivity contribution in [1.82, 2.24) is 14.2 Å². The van der Waals surface area contributed by atoms with Gasteiger partial charge in [0.25, 0.3) is 5.91 Å². The summed E-state index contributed by atoms with van der Waals surface area (Å²) < 4.78 is 28.6. The minimum atomic E-state index is -3.32. The quantitative estimate of drug-likeness (QED) is 0.489. The molecule has 168 valence electrons. The zero-order valence-electron chi connectivity index (χ0n) is 17.6. The molecule has 1 aliphatic heterocycles. The van der Waals surface area contributed by atoms with Crippen LogP contribution < -0.4 is 15.3 Å². The molecular weight excluding hydrogens is 442 g/mol. The van der Waals surface area contributed by atoms with Gasteiger partial charge in [0.15, 0.2) is 5.65 Å². The number of benzene rings is 2. The minimum absolute atomic E-state index is 0.117. The van der Waals surface area contributed by atoms with E-state index in [0.717, 1.165) is 5.56 Å². The zero-order valence-corrected chi connectivity index (χ0v) is 18.4. The summed E-state index contributed by atoms with van der Waals surface area (Å²) >= 11 is 0. The van der Waals surface area contributed by atoms with Crippen molar-refractivity contribution in [2.75, 3.05) is 21.9 Å². The Hall–Kier alpha value is -3.92. The van der Waals surface area contributed by atoms with Gasteiger partial charge in [0, 0.05) is 24.0 Å². The summed E-state index contributed by atoms with van der Waals surface area (Å²) in [4.78, 5) is 25.3. The van der Waals surface area contributed by atoms with E-state index in [-0.39, 0.29) is 23.9 Å². The van der Waals surface area contributed by atoms with Crippen molar-refractivity contribution in [1.29, 1.82) is 0 Å². The van der Waals surface area contributed by atoms with Gasteiger partial charge in [-0.2, -0.15) is 0 Å². The molecule has 1 aliphatic rings. The Balaban J connectivity index is 1.35.